The summed E-state index contributed by atoms with van der Waals surface area (Å²) in [6, 6.07) is 6.27. The first-order valence-corrected chi connectivity index (χ1v) is 6.06. The fraction of sp³-hybridized carbons (Fsp3) is 0.385. The number of anilines is 1. The largest absolute Gasteiger partial charge is 0.484 e. The van der Waals surface area contributed by atoms with Gasteiger partial charge < -0.3 is 21.1 Å². The SMILES string of the molecule is CC[C@H](N)C(=O)Nc1cccc(OCC(=O)NC)c1. The minimum Gasteiger partial charge on any atom is -0.484 e. The molecule has 0 saturated heterocycles. The number of carbonyl (C=O) groups excluding carboxylic acids is 2. The van der Waals surface area contributed by atoms with Crippen LogP contribution in [0, 0.1) is 0 Å². The van der Waals surface area contributed by atoms with Gasteiger partial charge >= 0.3 is 0 Å². The van der Waals surface area contributed by atoms with Gasteiger partial charge in [0, 0.05) is 18.8 Å². The second-order valence-electron chi connectivity index (χ2n) is 3.99. The molecule has 0 aliphatic heterocycles. The van der Waals surface area contributed by atoms with Crippen molar-refractivity contribution in [2.45, 2.75) is 19.4 Å². The third kappa shape index (κ3) is 4.97. The van der Waals surface area contributed by atoms with Gasteiger partial charge in [-0.15, -0.1) is 0 Å². The van der Waals surface area contributed by atoms with Crippen LogP contribution in [-0.2, 0) is 9.59 Å². The van der Waals surface area contributed by atoms with Crippen molar-refractivity contribution in [1.82, 2.24) is 5.32 Å². The number of hydrogen-bond acceptors (Lipinski definition) is 4. The van der Waals surface area contributed by atoms with Gasteiger partial charge in [0.15, 0.2) is 6.61 Å². The van der Waals surface area contributed by atoms with Gasteiger partial charge in [0.1, 0.15) is 5.75 Å². The van der Waals surface area contributed by atoms with Gasteiger partial charge in [-0.2, -0.15) is 0 Å². The van der Waals surface area contributed by atoms with Gasteiger partial charge in [0.05, 0.1) is 6.04 Å². The molecule has 0 unspecified atom stereocenters. The summed E-state index contributed by atoms with van der Waals surface area (Å²) in [7, 11) is 1.54. The summed E-state index contributed by atoms with van der Waals surface area (Å²) in [5.41, 5.74) is 6.21. The Kier molecular flexibility index (Phi) is 5.81. The number of ether oxygens (including phenoxy) is 1. The number of benzene rings is 1. The van der Waals surface area contributed by atoms with E-state index in [1.54, 1.807) is 24.3 Å². The lowest BCUT2D eigenvalue weighted by Crippen LogP contribution is -2.34. The Morgan fingerprint density at radius 1 is 1.42 bits per heavy atom. The Balaban J connectivity index is 2.61. The maximum Gasteiger partial charge on any atom is 0.257 e. The van der Waals surface area contributed by atoms with Crippen molar-refractivity contribution in [3.8, 4) is 5.75 Å². The van der Waals surface area contributed by atoms with E-state index in [2.05, 4.69) is 10.6 Å². The van der Waals surface area contributed by atoms with Crippen LogP contribution in [0.2, 0.25) is 0 Å². The quantitative estimate of drug-likeness (QED) is 0.697. The fourth-order valence-corrected chi connectivity index (χ4v) is 1.31. The predicted octanol–water partition coefficient (Wildman–Crippen LogP) is 0.487. The van der Waals surface area contributed by atoms with Crippen molar-refractivity contribution < 1.29 is 14.3 Å². The van der Waals surface area contributed by atoms with Crippen LogP contribution in [0.25, 0.3) is 0 Å². The summed E-state index contributed by atoms with van der Waals surface area (Å²) in [6.45, 7) is 1.77. The van der Waals surface area contributed by atoms with Gasteiger partial charge in [-0.1, -0.05) is 13.0 Å². The maximum absolute atomic E-state index is 11.6. The molecule has 6 nitrogen and oxygen atoms in total. The summed E-state index contributed by atoms with van der Waals surface area (Å²) >= 11 is 0. The standard InChI is InChI=1S/C13H19N3O3/c1-3-11(14)13(18)16-9-5-4-6-10(7-9)19-8-12(17)15-2/h4-7,11H,3,8,14H2,1-2H3,(H,15,17)(H,16,18)/t11-/m0/s1. The Bertz CT molecular complexity index is 449. The average molecular weight is 265 g/mol. The molecule has 0 aromatic heterocycles. The zero-order chi connectivity index (χ0) is 14.3. The van der Waals surface area contributed by atoms with Crippen molar-refractivity contribution in [3.63, 3.8) is 0 Å². The molecule has 1 atom stereocenters. The van der Waals surface area contributed by atoms with Crippen LogP contribution < -0.4 is 21.1 Å². The summed E-state index contributed by atoms with van der Waals surface area (Å²) in [4.78, 5) is 22.7. The molecule has 1 aromatic carbocycles. The van der Waals surface area contributed by atoms with Crippen LogP contribution in [0.1, 0.15) is 13.3 Å². The molecule has 0 fully saturated rings. The van der Waals surface area contributed by atoms with Crippen LogP contribution in [0.15, 0.2) is 24.3 Å². The second-order valence-corrected chi connectivity index (χ2v) is 3.99. The third-order valence-corrected chi connectivity index (χ3v) is 2.53. The van der Waals surface area contributed by atoms with Crippen molar-refractivity contribution in [2.75, 3.05) is 19.0 Å². The lowest BCUT2D eigenvalue weighted by molar-refractivity contribution is -0.122. The Morgan fingerprint density at radius 3 is 2.79 bits per heavy atom. The fourth-order valence-electron chi connectivity index (χ4n) is 1.31. The molecule has 0 aliphatic rings. The van der Waals surface area contributed by atoms with Gasteiger partial charge in [-0.3, -0.25) is 9.59 Å². The molecule has 1 aromatic rings. The van der Waals surface area contributed by atoms with Crippen molar-refractivity contribution >= 4 is 17.5 Å². The lowest BCUT2D eigenvalue weighted by Gasteiger charge is -2.11. The molecule has 0 saturated carbocycles. The molecule has 1 rings (SSSR count). The second kappa shape index (κ2) is 7.38. The highest BCUT2D eigenvalue weighted by Crippen LogP contribution is 2.17. The predicted molar refractivity (Wildman–Crippen MR) is 72.9 cm³/mol. The van der Waals surface area contributed by atoms with Crippen molar-refractivity contribution in [1.29, 1.82) is 0 Å². The van der Waals surface area contributed by atoms with E-state index in [4.69, 9.17) is 10.5 Å². The highest BCUT2D eigenvalue weighted by atomic mass is 16.5. The summed E-state index contributed by atoms with van der Waals surface area (Å²) < 4.78 is 5.27. The molecule has 2 amide bonds. The number of carbonyl (C=O) groups is 2. The van der Waals surface area contributed by atoms with Crippen molar-refractivity contribution in [2.24, 2.45) is 5.73 Å². The topological polar surface area (TPSA) is 93.5 Å². The zero-order valence-electron chi connectivity index (χ0n) is 11.1. The summed E-state index contributed by atoms with van der Waals surface area (Å²) in [5, 5.41) is 5.14. The molecule has 0 bridgehead atoms. The minimum atomic E-state index is -0.532. The highest BCUT2D eigenvalue weighted by Gasteiger charge is 2.11. The Morgan fingerprint density at radius 2 is 2.16 bits per heavy atom. The normalized spacial score (nSPS) is 11.5. The number of nitrogens with one attached hydrogen (secondary N) is 2. The lowest BCUT2D eigenvalue weighted by atomic mass is 10.2. The molecule has 0 radical (unpaired) electrons. The van der Waals surface area contributed by atoms with Crippen LogP contribution >= 0.6 is 0 Å². The number of rotatable bonds is 6. The zero-order valence-corrected chi connectivity index (χ0v) is 11.1. The summed E-state index contributed by atoms with van der Waals surface area (Å²) in [5.74, 6) is 0.0415. The molecule has 0 heterocycles. The number of hydrogen-bond donors (Lipinski definition) is 3. The van der Waals surface area contributed by atoms with Crippen LogP contribution in [0.5, 0.6) is 5.75 Å². The third-order valence-electron chi connectivity index (χ3n) is 2.53. The van der Waals surface area contributed by atoms with E-state index in [9.17, 15) is 9.59 Å². The van der Waals surface area contributed by atoms with E-state index >= 15 is 0 Å². The number of nitrogens with two attached hydrogens (primary N) is 1. The first-order valence-electron chi connectivity index (χ1n) is 6.06. The van der Waals surface area contributed by atoms with Gasteiger partial charge in [-0.05, 0) is 18.6 Å². The molecule has 0 spiro atoms. The monoisotopic (exact) mass is 265 g/mol. The van der Waals surface area contributed by atoms with Crippen LogP contribution in [-0.4, -0.2) is 31.5 Å². The molecular formula is C13H19N3O3. The smallest absolute Gasteiger partial charge is 0.257 e. The molecule has 4 N–H and O–H groups in total. The average Bonchev–Trinajstić information content (AvgIpc) is 2.44. The maximum atomic E-state index is 11.6. The number of amides is 2. The first-order chi connectivity index (χ1) is 9.06. The molecule has 104 valence electrons. The van der Waals surface area contributed by atoms with E-state index in [0.29, 0.717) is 17.9 Å². The van der Waals surface area contributed by atoms with E-state index in [0.717, 1.165) is 0 Å². The summed E-state index contributed by atoms with van der Waals surface area (Å²) in [6.07, 6.45) is 0.568. The minimum absolute atomic E-state index is 0.0671. The molecular weight excluding hydrogens is 246 g/mol. The highest BCUT2D eigenvalue weighted by molar-refractivity contribution is 5.94. The van der Waals surface area contributed by atoms with Crippen molar-refractivity contribution in [3.05, 3.63) is 24.3 Å². The van der Waals surface area contributed by atoms with E-state index < -0.39 is 6.04 Å². The first kappa shape index (κ1) is 15.0. The van der Waals surface area contributed by atoms with Gasteiger partial charge in [-0.25, -0.2) is 0 Å². The van der Waals surface area contributed by atoms with E-state index in [1.807, 2.05) is 6.92 Å². The molecule has 19 heavy (non-hydrogen) atoms. The van der Waals surface area contributed by atoms with Gasteiger partial charge in [0.2, 0.25) is 5.91 Å². The van der Waals surface area contributed by atoms with Crippen LogP contribution in [0.3, 0.4) is 0 Å². The Labute approximate surface area is 112 Å². The van der Waals surface area contributed by atoms with E-state index in [1.165, 1.54) is 7.05 Å². The van der Waals surface area contributed by atoms with Crippen LogP contribution in [0.4, 0.5) is 5.69 Å². The molecule has 0 aliphatic carbocycles. The number of likely N-dealkylation sites (N-methyl/N-ethyl adjacent to an activating group) is 1. The van der Waals surface area contributed by atoms with Gasteiger partial charge in [0.25, 0.3) is 5.91 Å². The molecule has 6 heteroatoms. The Hall–Kier alpha value is -2.08. The van der Waals surface area contributed by atoms with E-state index in [-0.39, 0.29) is 18.4 Å².